The van der Waals surface area contributed by atoms with Crippen LogP contribution in [0.5, 0.6) is 0 Å². The third-order valence-electron chi connectivity index (χ3n) is 3.12. The van der Waals surface area contributed by atoms with Crippen LogP contribution in [0.15, 0.2) is 54.6 Å². The van der Waals surface area contributed by atoms with Gasteiger partial charge in [-0.15, -0.1) is 0 Å². The minimum absolute atomic E-state index is 0.130. The molecule has 5 heteroatoms. The van der Waals surface area contributed by atoms with Crippen molar-refractivity contribution >= 4 is 28.3 Å². The standard InChI is InChI=1S/C16H12N2O3/c19-14(10-6-2-1-3-7-10)13(16(20)21)15-17-11-8-4-5-9-12(11)18-15/h1-9,19H,(H,17,18)(H,20,21)/b14-13-. The lowest BCUT2D eigenvalue weighted by atomic mass is 10.1. The molecule has 0 unspecified atom stereocenters. The van der Waals surface area contributed by atoms with Gasteiger partial charge in [0, 0.05) is 5.56 Å². The zero-order chi connectivity index (χ0) is 14.8. The number of H-pyrrole nitrogens is 1. The number of fused-ring (bicyclic) bond motifs is 1. The van der Waals surface area contributed by atoms with Gasteiger partial charge < -0.3 is 15.2 Å². The van der Waals surface area contributed by atoms with Gasteiger partial charge in [-0.3, -0.25) is 0 Å². The lowest BCUT2D eigenvalue weighted by Crippen LogP contribution is -2.05. The second-order valence-electron chi connectivity index (χ2n) is 4.50. The van der Waals surface area contributed by atoms with Gasteiger partial charge in [-0.2, -0.15) is 0 Å². The van der Waals surface area contributed by atoms with Crippen LogP contribution in [0.1, 0.15) is 11.4 Å². The van der Waals surface area contributed by atoms with Gasteiger partial charge in [0.25, 0.3) is 0 Å². The molecule has 104 valence electrons. The van der Waals surface area contributed by atoms with Crippen molar-refractivity contribution in [3.05, 3.63) is 66.0 Å². The van der Waals surface area contributed by atoms with Crippen molar-refractivity contribution in [2.24, 2.45) is 0 Å². The van der Waals surface area contributed by atoms with E-state index in [-0.39, 0.29) is 17.2 Å². The Balaban J connectivity index is 2.20. The number of carbonyl (C=O) groups is 1. The fourth-order valence-electron chi connectivity index (χ4n) is 2.13. The molecule has 0 aliphatic carbocycles. The highest BCUT2D eigenvalue weighted by atomic mass is 16.4. The molecule has 0 spiro atoms. The van der Waals surface area contributed by atoms with Gasteiger partial charge in [-0.05, 0) is 12.1 Å². The number of nitrogens with one attached hydrogen (secondary N) is 1. The van der Waals surface area contributed by atoms with Crippen LogP contribution in [0.4, 0.5) is 0 Å². The van der Waals surface area contributed by atoms with Crippen LogP contribution >= 0.6 is 0 Å². The van der Waals surface area contributed by atoms with E-state index in [1.165, 1.54) is 0 Å². The highest BCUT2D eigenvalue weighted by Gasteiger charge is 2.21. The monoisotopic (exact) mass is 280 g/mol. The first-order valence-corrected chi connectivity index (χ1v) is 6.34. The van der Waals surface area contributed by atoms with Crippen molar-refractivity contribution in [1.82, 2.24) is 9.97 Å². The Morgan fingerprint density at radius 2 is 1.62 bits per heavy atom. The molecule has 3 rings (SSSR count). The van der Waals surface area contributed by atoms with Gasteiger partial charge in [0.05, 0.1) is 11.0 Å². The molecule has 0 fully saturated rings. The molecule has 0 radical (unpaired) electrons. The minimum Gasteiger partial charge on any atom is -0.506 e. The molecular weight excluding hydrogens is 268 g/mol. The molecule has 0 aliphatic rings. The third-order valence-corrected chi connectivity index (χ3v) is 3.12. The number of nitrogens with zero attached hydrogens (tertiary/aromatic N) is 1. The fraction of sp³-hybridized carbons (Fsp3) is 0. The lowest BCUT2D eigenvalue weighted by Gasteiger charge is -2.04. The average molecular weight is 280 g/mol. The number of hydrogen-bond acceptors (Lipinski definition) is 3. The Morgan fingerprint density at radius 1 is 0.952 bits per heavy atom. The van der Waals surface area contributed by atoms with Gasteiger partial charge in [0.1, 0.15) is 17.2 Å². The van der Waals surface area contributed by atoms with E-state index in [0.717, 1.165) is 0 Å². The highest BCUT2D eigenvalue weighted by molar-refractivity contribution is 6.21. The van der Waals surface area contributed by atoms with Crippen LogP contribution in [-0.2, 0) is 4.79 Å². The Kier molecular flexibility index (Phi) is 3.16. The van der Waals surface area contributed by atoms with Crippen LogP contribution in [0.2, 0.25) is 0 Å². The molecule has 1 heterocycles. The molecule has 0 saturated heterocycles. The van der Waals surface area contributed by atoms with E-state index in [2.05, 4.69) is 9.97 Å². The number of aliphatic carboxylic acids is 1. The molecule has 2 aromatic carbocycles. The molecule has 0 amide bonds. The fourth-order valence-corrected chi connectivity index (χ4v) is 2.13. The molecule has 0 bridgehead atoms. The average Bonchev–Trinajstić information content (AvgIpc) is 2.91. The van der Waals surface area contributed by atoms with Crippen molar-refractivity contribution in [1.29, 1.82) is 0 Å². The molecule has 3 aromatic rings. The number of aromatic amines is 1. The number of benzene rings is 2. The number of carboxylic acids is 1. The predicted molar refractivity (Wildman–Crippen MR) is 79.6 cm³/mol. The van der Waals surface area contributed by atoms with E-state index in [4.69, 9.17) is 0 Å². The summed E-state index contributed by atoms with van der Waals surface area (Å²) in [5, 5.41) is 19.7. The van der Waals surface area contributed by atoms with E-state index in [0.29, 0.717) is 16.6 Å². The summed E-state index contributed by atoms with van der Waals surface area (Å²) in [6.07, 6.45) is 0. The first kappa shape index (κ1) is 12.9. The maximum Gasteiger partial charge on any atom is 0.343 e. The van der Waals surface area contributed by atoms with Crippen molar-refractivity contribution in [2.75, 3.05) is 0 Å². The van der Waals surface area contributed by atoms with Crippen LogP contribution in [-0.4, -0.2) is 26.2 Å². The summed E-state index contributed by atoms with van der Waals surface area (Å²) in [6, 6.07) is 15.7. The second kappa shape index (κ2) is 5.13. The van der Waals surface area contributed by atoms with Crippen molar-refractivity contribution in [3.63, 3.8) is 0 Å². The Hall–Kier alpha value is -3.08. The summed E-state index contributed by atoms with van der Waals surface area (Å²) in [6.45, 7) is 0. The Bertz CT molecular complexity index is 802. The number of aliphatic hydroxyl groups is 1. The van der Waals surface area contributed by atoms with Gasteiger partial charge in [0.2, 0.25) is 0 Å². The topological polar surface area (TPSA) is 86.2 Å². The molecular formula is C16H12N2O3. The Morgan fingerprint density at radius 3 is 2.29 bits per heavy atom. The SMILES string of the molecule is O=C(O)/C(=C(\O)c1ccccc1)c1nc2ccccc2[nH]1. The maximum absolute atomic E-state index is 11.5. The van der Waals surface area contributed by atoms with Crippen molar-refractivity contribution in [3.8, 4) is 0 Å². The predicted octanol–water partition coefficient (Wildman–Crippen LogP) is 3.07. The third kappa shape index (κ3) is 2.36. The molecule has 0 atom stereocenters. The van der Waals surface area contributed by atoms with E-state index in [9.17, 15) is 15.0 Å². The summed E-state index contributed by atoms with van der Waals surface area (Å²) in [7, 11) is 0. The molecule has 3 N–H and O–H groups in total. The Labute approximate surface area is 120 Å². The smallest absolute Gasteiger partial charge is 0.343 e. The zero-order valence-electron chi connectivity index (χ0n) is 10.9. The minimum atomic E-state index is -1.24. The van der Waals surface area contributed by atoms with Gasteiger partial charge >= 0.3 is 5.97 Å². The van der Waals surface area contributed by atoms with Crippen LogP contribution in [0.3, 0.4) is 0 Å². The summed E-state index contributed by atoms with van der Waals surface area (Å²) >= 11 is 0. The molecule has 21 heavy (non-hydrogen) atoms. The van der Waals surface area contributed by atoms with E-state index in [1.54, 1.807) is 42.5 Å². The zero-order valence-corrected chi connectivity index (χ0v) is 10.9. The van der Waals surface area contributed by atoms with Gasteiger partial charge in [0.15, 0.2) is 0 Å². The number of aliphatic hydroxyl groups excluding tert-OH is 1. The number of hydrogen-bond donors (Lipinski definition) is 3. The largest absolute Gasteiger partial charge is 0.506 e. The van der Waals surface area contributed by atoms with Crippen LogP contribution in [0, 0.1) is 0 Å². The summed E-state index contributed by atoms with van der Waals surface area (Å²) < 4.78 is 0. The summed E-state index contributed by atoms with van der Waals surface area (Å²) in [5.74, 6) is -1.43. The van der Waals surface area contributed by atoms with Crippen molar-refractivity contribution < 1.29 is 15.0 Å². The van der Waals surface area contributed by atoms with Crippen LogP contribution < -0.4 is 0 Å². The first-order valence-electron chi connectivity index (χ1n) is 6.34. The second-order valence-corrected chi connectivity index (χ2v) is 4.50. The lowest BCUT2D eigenvalue weighted by molar-refractivity contribution is -0.130. The van der Waals surface area contributed by atoms with Crippen LogP contribution in [0.25, 0.3) is 22.4 Å². The number of carboxylic acid groups (broad SMARTS) is 1. The van der Waals surface area contributed by atoms with Gasteiger partial charge in [-0.25, -0.2) is 9.78 Å². The van der Waals surface area contributed by atoms with Crippen molar-refractivity contribution in [2.45, 2.75) is 0 Å². The number of aromatic nitrogens is 2. The number of para-hydroxylation sites is 2. The normalized spacial score (nSPS) is 12.2. The van der Waals surface area contributed by atoms with Gasteiger partial charge in [-0.1, -0.05) is 42.5 Å². The molecule has 5 nitrogen and oxygen atoms in total. The number of rotatable bonds is 3. The highest BCUT2D eigenvalue weighted by Crippen LogP contribution is 2.24. The number of imidazole rings is 1. The molecule has 1 aromatic heterocycles. The maximum atomic E-state index is 11.5. The van der Waals surface area contributed by atoms with E-state index >= 15 is 0 Å². The van der Waals surface area contributed by atoms with E-state index in [1.807, 2.05) is 12.1 Å². The molecule has 0 aliphatic heterocycles. The summed E-state index contributed by atoms with van der Waals surface area (Å²) in [5.41, 5.74) is 1.53. The molecule has 0 saturated carbocycles. The first-order chi connectivity index (χ1) is 10.2. The van der Waals surface area contributed by atoms with E-state index < -0.39 is 5.97 Å². The quantitative estimate of drug-likeness (QED) is 0.508. The summed E-state index contributed by atoms with van der Waals surface area (Å²) in [4.78, 5) is 18.7.